The lowest BCUT2D eigenvalue weighted by atomic mass is 10.1. The minimum absolute atomic E-state index is 0.0554. The highest BCUT2D eigenvalue weighted by Crippen LogP contribution is 2.25. The van der Waals surface area contributed by atoms with Crippen LogP contribution in [0.4, 0.5) is 11.4 Å². The molecule has 0 bridgehead atoms. The minimum Gasteiger partial charge on any atom is -0.478 e. The molecule has 5 nitrogen and oxygen atoms in total. The number of benzene rings is 2. The van der Waals surface area contributed by atoms with Crippen molar-refractivity contribution < 1.29 is 9.90 Å². The topological polar surface area (TPSA) is 71.3 Å². The predicted molar refractivity (Wildman–Crippen MR) is 95.2 cm³/mol. The fourth-order valence-corrected chi connectivity index (χ4v) is 2.74. The van der Waals surface area contributed by atoms with Crippen molar-refractivity contribution in [3.63, 3.8) is 0 Å². The van der Waals surface area contributed by atoms with Gasteiger partial charge in [0, 0.05) is 23.7 Å². The van der Waals surface area contributed by atoms with Crippen molar-refractivity contribution in [3.05, 3.63) is 70.5 Å². The summed E-state index contributed by atoms with van der Waals surface area (Å²) in [7, 11) is 0. The molecule has 2 aromatic carbocycles. The van der Waals surface area contributed by atoms with Crippen molar-refractivity contribution in [2.45, 2.75) is 19.9 Å². The summed E-state index contributed by atoms with van der Waals surface area (Å²) in [4.78, 5) is 23.3. The standard InChI is InChI=1S/C19H18N2O3/c1-2-11-21-17-6-4-3-5-15(17)16(12-18(21)22)20-14-9-7-13(8-10-14)19(23)24/h3-10,12,20H,2,11H2,1H3,(H,23,24). The zero-order valence-electron chi connectivity index (χ0n) is 13.3. The Labute approximate surface area is 139 Å². The van der Waals surface area contributed by atoms with E-state index in [0.29, 0.717) is 12.2 Å². The van der Waals surface area contributed by atoms with Crippen molar-refractivity contribution in [3.8, 4) is 0 Å². The van der Waals surface area contributed by atoms with E-state index < -0.39 is 5.97 Å². The van der Waals surface area contributed by atoms with E-state index in [2.05, 4.69) is 5.32 Å². The average molecular weight is 322 g/mol. The summed E-state index contributed by atoms with van der Waals surface area (Å²) in [6.07, 6.45) is 0.882. The van der Waals surface area contributed by atoms with Crippen LogP contribution in [0, 0.1) is 0 Å². The highest BCUT2D eigenvalue weighted by Gasteiger charge is 2.09. The first-order valence-electron chi connectivity index (χ1n) is 7.83. The first-order chi connectivity index (χ1) is 11.6. The van der Waals surface area contributed by atoms with Crippen LogP contribution < -0.4 is 10.9 Å². The summed E-state index contributed by atoms with van der Waals surface area (Å²) in [6.45, 7) is 2.71. The third kappa shape index (κ3) is 3.01. The summed E-state index contributed by atoms with van der Waals surface area (Å²) >= 11 is 0. The number of para-hydroxylation sites is 1. The number of aromatic nitrogens is 1. The van der Waals surface area contributed by atoms with Crippen LogP contribution in [-0.2, 0) is 6.54 Å². The van der Waals surface area contributed by atoms with Crippen LogP contribution >= 0.6 is 0 Å². The molecular weight excluding hydrogens is 304 g/mol. The molecular formula is C19H18N2O3. The predicted octanol–water partition coefficient (Wildman–Crippen LogP) is 3.85. The summed E-state index contributed by atoms with van der Waals surface area (Å²) in [5, 5.41) is 13.1. The Morgan fingerprint density at radius 1 is 1.12 bits per heavy atom. The number of hydrogen-bond donors (Lipinski definition) is 2. The maximum absolute atomic E-state index is 12.4. The molecule has 0 atom stereocenters. The average Bonchev–Trinajstić information content (AvgIpc) is 2.59. The molecule has 0 fully saturated rings. The second-order valence-corrected chi connectivity index (χ2v) is 5.57. The first-order valence-corrected chi connectivity index (χ1v) is 7.83. The number of nitrogens with zero attached hydrogens (tertiary/aromatic N) is 1. The van der Waals surface area contributed by atoms with Gasteiger partial charge in [-0.1, -0.05) is 25.1 Å². The maximum Gasteiger partial charge on any atom is 0.335 e. The maximum atomic E-state index is 12.4. The number of carboxylic acid groups (broad SMARTS) is 1. The molecule has 0 aliphatic heterocycles. The van der Waals surface area contributed by atoms with E-state index in [9.17, 15) is 9.59 Å². The zero-order valence-corrected chi connectivity index (χ0v) is 13.3. The molecule has 0 saturated heterocycles. The van der Waals surface area contributed by atoms with Crippen molar-refractivity contribution in [1.82, 2.24) is 4.57 Å². The molecule has 0 saturated carbocycles. The Kier molecular flexibility index (Phi) is 4.33. The van der Waals surface area contributed by atoms with Gasteiger partial charge in [0.05, 0.1) is 16.8 Å². The second kappa shape index (κ2) is 6.58. The van der Waals surface area contributed by atoms with Crippen LogP contribution in [0.1, 0.15) is 23.7 Å². The lowest BCUT2D eigenvalue weighted by Gasteiger charge is -2.14. The molecule has 5 heteroatoms. The van der Waals surface area contributed by atoms with Gasteiger partial charge in [-0.15, -0.1) is 0 Å². The van der Waals surface area contributed by atoms with Gasteiger partial charge in [0.15, 0.2) is 0 Å². The van der Waals surface area contributed by atoms with E-state index in [1.165, 1.54) is 12.1 Å². The molecule has 0 spiro atoms. The van der Waals surface area contributed by atoms with Gasteiger partial charge in [0.2, 0.25) is 0 Å². The van der Waals surface area contributed by atoms with Gasteiger partial charge in [-0.05, 0) is 36.8 Å². The number of carboxylic acids is 1. The Morgan fingerprint density at radius 3 is 2.50 bits per heavy atom. The Morgan fingerprint density at radius 2 is 1.83 bits per heavy atom. The molecule has 122 valence electrons. The quantitative estimate of drug-likeness (QED) is 0.748. The number of carbonyl (C=O) groups is 1. The van der Waals surface area contributed by atoms with Gasteiger partial charge in [-0.3, -0.25) is 4.79 Å². The number of aromatic carboxylic acids is 1. The van der Waals surface area contributed by atoms with Crippen LogP contribution in [0.2, 0.25) is 0 Å². The molecule has 3 rings (SSSR count). The van der Waals surface area contributed by atoms with Gasteiger partial charge < -0.3 is 15.0 Å². The highest BCUT2D eigenvalue weighted by atomic mass is 16.4. The first kappa shape index (κ1) is 15.8. The van der Waals surface area contributed by atoms with Gasteiger partial charge >= 0.3 is 5.97 Å². The second-order valence-electron chi connectivity index (χ2n) is 5.57. The van der Waals surface area contributed by atoms with Crippen LogP contribution in [0.5, 0.6) is 0 Å². The van der Waals surface area contributed by atoms with Crippen molar-refractivity contribution in [1.29, 1.82) is 0 Å². The van der Waals surface area contributed by atoms with Crippen molar-refractivity contribution in [2.24, 2.45) is 0 Å². The number of aryl methyl sites for hydroxylation is 1. The van der Waals surface area contributed by atoms with E-state index in [1.54, 1.807) is 22.8 Å². The molecule has 24 heavy (non-hydrogen) atoms. The molecule has 0 aliphatic carbocycles. The smallest absolute Gasteiger partial charge is 0.335 e. The number of pyridine rings is 1. The summed E-state index contributed by atoms with van der Waals surface area (Å²) < 4.78 is 1.77. The third-order valence-corrected chi connectivity index (χ3v) is 3.88. The van der Waals surface area contributed by atoms with Gasteiger partial charge in [0.25, 0.3) is 5.56 Å². The van der Waals surface area contributed by atoms with Crippen LogP contribution in [0.3, 0.4) is 0 Å². The molecule has 2 N–H and O–H groups in total. The molecule has 1 aromatic heterocycles. The number of nitrogens with one attached hydrogen (secondary N) is 1. The van der Waals surface area contributed by atoms with Crippen LogP contribution in [0.15, 0.2) is 59.4 Å². The molecule has 0 unspecified atom stereocenters. The Bertz CT molecular complexity index is 943. The van der Waals surface area contributed by atoms with Gasteiger partial charge in [-0.25, -0.2) is 4.79 Å². The number of fused-ring (bicyclic) bond motifs is 1. The van der Waals surface area contributed by atoms with Crippen molar-refractivity contribution in [2.75, 3.05) is 5.32 Å². The number of hydrogen-bond acceptors (Lipinski definition) is 3. The molecule has 3 aromatic rings. The fourth-order valence-electron chi connectivity index (χ4n) is 2.74. The van der Waals surface area contributed by atoms with Crippen LogP contribution in [-0.4, -0.2) is 15.6 Å². The van der Waals surface area contributed by atoms with Gasteiger partial charge in [-0.2, -0.15) is 0 Å². The monoisotopic (exact) mass is 322 g/mol. The number of rotatable bonds is 5. The lowest BCUT2D eigenvalue weighted by Crippen LogP contribution is -2.20. The Hall–Kier alpha value is -3.08. The highest BCUT2D eigenvalue weighted by molar-refractivity contribution is 5.93. The normalized spacial score (nSPS) is 10.7. The summed E-state index contributed by atoms with van der Waals surface area (Å²) in [5.74, 6) is -0.964. The summed E-state index contributed by atoms with van der Waals surface area (Å²) in [6, 6.07) is 15.8. The van der Waals surface area contributed by atoms with E-state index in [1.807, 2.05) is 31.2 Å². The van der Waals surface area contributed by atoms with Gasteiger partial charge in [0.1, 0.15) is 0 Å². The SMILES string of the molecule is CCCn1c(=O)cc(Nc2ccc(C(=O)O)cc2)c2ccccc21. The Balaban J connectivity index is 2.05. The van der Waals surface area contributed by atoms with Crippen LogP contribution in [0.25, 0.3) is 10.9 Å². The minimum atomic E-state index is -0.964. The third-order valence-electron chi connectivity index (χ3n) is 3.88. The van der Waals surface area contributed by atoms with E-state index >= 15 is 0 Å². The largest absolute Gasteiger partial charge is 0.478 e. The van der Waals surface area contributed by atoms with E-state index in [-0.39, 0.29) is 11.1 Å². The number of anilines is 2. The van der Waals surface area contributed by atoms with E-state index in [0.717, 1.165) is 23.0 Å². The molecule has 0 amide bonds. The molecule has 0 radical (unpaired) electrons. The zero-order chi connectivity index (χ0) is 17.1. The lowest BCUT2D eigenvalue weighted by molar-refractivity contribution is 0.0697. The van der Waals surface area contributed by atoms with E-state index in [4.69, 9.17) is 5.11 Å². The van der Waals surface area contributed by atoms with Crippen molar-refractivity contribution >= 4 is 28.2 Å². The molecule has 1 heterocycles. The fraction of sp³-hybridized carbons (Fsp3) is 0.158. The molecule has 0 aliphatic rings. The summed E-state index contributed by atoms with van der Waals surface area (Å²) in [5.41, 5.74) is 2.50.